The van der Waals surface area contributed by atoms with Gasteiger partial charge in [0.1, 0.15) is 23.4 Å². The van der Waals surface area contributed by atoms with E-state index in [0.29, 0.717) is 11.1 Å². The molecule has 1 atom stereocenters. The molecule has 0 radical (unpaired) electrons. The summed E-state index contributed by atoms with van der Waals surface area (Å²) in [6.07, 6.45) is -1.13. The number of β-amino-alcohol motifs (C(OH)–C–C–N with tert-alkyl or cyclic N) is 1. The van der Waals surface area contributed by atoms with E-state index in [-0.39, 0.29) is 42.5 Å². The van der Waals surface area contributed by atoms with Gasteiger partial charge in [0.15, 0.2) is 5.75 Å². The molecule has 1 unspecified atom stereocenters. The summed E-state index contributed by atoms with van der Waals surface area (Å²) in [6.45, 7) is 3.07. The second-order valence-corrected chi connectivity index (χ2v) is 8.84. The van der Waals surface area contributed by atoms with Gasteiger partial charge in [0.25, 0.3) is 17.4 Å². The minimum Gasteiger partial charge on any atom is -0.502 e. The smallest absolute Gasteiger partial charge is 0.296 e. The Morgan fingerprint density at radius 3 is 2.59 bits per heavy atom. The van der Waals surface area contributed by atoms with Crippen LogP contribution >= 0.6 is 11.6 Å². The van der Waals surface area contributed by atoms with Gasteiger partial charge in [-0.05, 0) is 38.0 Å². The van der Waals surface area contributed by atoms with Crippen molar-refractivity contribution < 1.29 is 24.2 Å². The maximum atomic E-state index is 13.5. The summed E-state index contributed by atoms with van der Waals surface area (Å²) in [5.41, 5.74) is 4.00. The largest absolute Gasteiger partial charge is 0.502 e. The third-order valence-corrected chi connectivity index (χ3v) is 6.16. The highest BCUT2D eigenvalue weighted by Crippen LogP contribution is 2.41. The third-order valence-electron chi connectivity index (χ3n) is 5.87. The van der Waals surface area contributed by atoms with E-state index in [2.05, 4.69) is 0 Å². The first-order valence-electron chi connectivity index (χ1n) is 9.95. The number of carbonyl (C=O) groups is 2. The van der Waals surface area contributed by atoms with E-state index in [0.717, 1.165) is 4.57 Å². The number of benzene rings is 1. The van der Waals surface area contributed by atoms with Crippen molar-refractivity contribution in [3.05, 3.63) is 56.1 Å². The number of hydrogen-bond acceptors (Lipinski definition) is 6. The zero-order valence-electron chi connectivity index (χ0n) is 17.4. The lowest BCUT2D eigenvalue weighted by Crippen LogP contribution is -2.44. The third kappa shape index (κ3) is 3.26. The van der Waals surface area contributed by atoms with Gasteiger partial charge >= 0.3 is 0 Å². The Balaban J connectivity index is 1.81. The van der Waals surface area contributed by atoms with Crippen LogP contribution in [0.15, 0.2) is 23.0 Å². The summed E-state index contributed by atoms with van der Waals surface area (Å²) < 4.78 is 14.6. The van der Waals surface area contributed by atoms with Crippen LogP contribution in [0.2, 0.25) is 5.02 Å². The number of nitrogens with two attached hydrogens (primary N) is 1. The average molecular weight is 465 g/mol. The van der Waals surface area contributed by atoms with E-state index in [1.165, 1.54) is 41.8 Å². The van der Waals surface area contributed by atoms with Crippen LogP contribution in [0.1, 0.15) is 35.3 Å². The number of carbonyl (C=O) groups excluding carboxylic acids is 2. The molecule has 4 rings (SSSR count). The molecule has 0 fully saturated rings. The van der Waals surface area contributed by atoms with E-state index in [1.54, 1.807) is 0 Å². The van der Waals surface area contributed by atoms with Crippen molar-refractivity contribution in [2.45, 2.75) is 38.6 Å². The molecule has 170 valence electrons. The molecule has 3 heterocycles. The van der Waals surface area contributed by atoms with Crippen molar-refractivity contribution in [2.75, 3.05) is 18.0 Å². The standard InChI is InChI=1S/C21H22ClFN4O5/c1-21(2)20(32)26(9-14(24)28)17-11-5-6-25(8-10-3-4-13(23)12(22)7-10)18(30)15(11)16(29)19(31)27(17)21/h3-4,7,14,28-29H,5-6,8-9,24H2,1-2H3. The first kappa shape index (κ1) is 22.3. The van der Waals surface area contributed by atoms with Crippen LogP contribution < -0.4 is 16.2 Å². The van der Waals surface area contributed by atoms with Crippen molar-refractivity contribution in [3.63, 3.8) is 0 Å². The highest BCUT2D eigenvalue weighted by molar-refractivity contribution is 6.30. The number of anilines is 1. The van der Waals surface area contributed by atoms with Crippen molar-refractivity contribution in [3.8, 4) is 5.75 Å². The fraction of sp³-hybridized carbons (Fsp3) is 0.381. The quantitative estimate of drug-likeness (QED) is 0.577. The summed E-state index contributed by atoms with van der Waals surface area (Å²) in [5.74, 6) is -2.26. The van der Waals surface area contributed by atoms with E-state index in [9.17, 15) is 29.0 Å². The minimum absolute atomic E-state index is 0.0806. The van der Waals surface area contributed by atoms with Gasteiger partial charge in [-0.1, -0.05) is 17.7 Å². The molecule has 1 aromatic carbocycles. The number of rotatable bonds is 4. The normalized spacial score (nSPS) is 18.1. The van der Waals surface area contributed by atoms with Crippen molar-refractivity contribution in [1.29, 1.82) is 0 Å². The lowest BCUT2D eigenvalue weighted by molar-refractivity contribution is -0.124. The van der Waals surface area contributed by atoms with Crippen molar-refractivity contribution >= 4 is 29.2 Å². The Morgan fingerprint density at radius 2 is 1.97 bits per heavy atom. The van der Waals surface area contributed by atoms with Gasteiger partial charge in [-0.15, -0.1) is 0 Å². The minimum atomic E-state index is -1.36. The number of aromatic hydroxyl groups is 1. The van der Waals surface area contributed by atoms with E-state index in [4.69, 9.17) is 17.3 Å². The lowest BCUT2D eigenvalue weighted by atomic mass is 9.97. The summed E-state index contributed by atoms with van der Waals surface area (Å²) in [4.78, 5) is 41.9. The molecule has 2 aliphatic rings. The van der Waals surface area contributed by atoms with Gasteiger partial charge in [-0.3, -0.25) is 23.9 Å². The molecular weight excluding hydrogens is 443 g/mol. The van der Waals surface area contributed by atoms with Crippen LogP contribution in [0.25, 0.3) is 0 Å². The highest BCUT2D eigenvalue weighted by atomic mass is 35.5. The number of aromatic nitrogens is 1. The molecule has 32 heavy (non-hydrogen) atoms. The Labute approximate surface area is 187 Å². The van der Waals surface area contributed by atoms with E-state index >= 15 is 0 Å². The molecule has 0 saturated heterocycles. The van der Waals surface area contributed by atoms with Gasteiger partial charge in [0.05, 0.1) is 17.1 Å². The molecule has 9 nitrogen and oxygen atoms in total. The zero-order valence-corrected chi connectivity index (χ0v) is 18.2. The summed E-state index contributed by atoms with van der Waals surface area (Å²) in [5, 5.41) is 20.3. The highest BCUT2D eigenvalue weighted by Gasteiger charge is 2.49. The molecule has 2 aromatic rings. The van der Waals surface area contributed by atoms with Crippen LogP contribution in [0.3, 0.4) is 0 Å². The Hall–Kier alpha value is -2.95. The van der Waals surface area contributed by atoms with Gasteiger partial charge < -0.3 is 20.8 Å². The molecule has 0 bridgehead atoms. The molecule has 2 aliphatic heterocycles. The van der Waals surface area contributed by atoms with Crippen LogP contribution in [-0.4, -0.2) is 50.8 Å². The summed E-state index contributed by atoms with van der Waals surface area (Å²) in [7, 11) is 0. The first-order valence-corrected chi connectivity index (χ1v) is 10.3. The van der Waals surface area contributed by atoms with E-state index < -0.39 is 40.7 Å². The molecule has 0 aliphatic carbocycles. The number of nitrogens with zero attached hydrogens (tertiary/aromatic N) is 3. The Bertz CT molecular complexity index is 1210. The van der Waals surface area contributed by atoms with E-state index in [1.807, 2.05) is 0 Å². The number of halogens is 2. The van der Waals surface area contributed by atoms with Gasteiger partial charge in [-0.2, -0.15) is 0 Å². The molecule has 0 saturated carbocycles. The number of aliphatic hydroxyl groups excluding tert-OH is 1. The van der Waals surface area contributed by atoms with Gasteiger partial charge in [-0.25, -0.2) is 4.39 Å². The average Bonchev–Trinajstić information content (AvgIpc) is 2.90. The topological polar surface area (TPSA) is 129 Å². The predicted molar refractivity (Wildman–Crippen MR) is 114 cm³/mol. The molecule has 1 aromatic heterocycles. The molecule has 2 amide bonds. The molecular formula is C21H22ClFN4O5. The number of hydrogen-bond donors (Lipinski definition) is 3. The Morgan fingerprint density at radius 1 is 1.28 bits per heavy atom. The number of fused-ring (bicyclic) bond motifs is 3. The van der Waals surface area contributed by atoms with Crippen molar-refractivity contribution in [2.24, 2.45) is 5.73 Å². The van der Waals surface area contributed by atoms with Crippen molar-refractivity contribution in [1.82, 2.24) is 9.47 Å². The van der Waals surface area contributed by atoms with Crippen LogP contribution in [0, 0.1) is 5.82 Å². The maximum Gasteiger partial charge on any atom is 0.296 e. The lowest BCUT2D eigenvalue weighted by Gasteiger charge is -2.32. The molecule has 4 N–H and O–H groups in total. The van der Waals surface area contributed by atoms with Gasteiger partial charge in [0.2, 0.25) is 0 Å². The fourth-order valence-corrected chi connectivity index (χ4v) is 4.57. The van der Waals surface area contributed by atoms with Crippen LogP contribution in [0.4, 0.5) is 10.2 Å². The number of aliphatic hydroxyl groups is 1. The van der Waals surface area contributed by atoms with Gasteiger partial charge in [0, 0.05) is 18.7 Å². The Kier molecular flexibility index (Phi) is 5.27. The number of amides is 2. The predicted octanol–water partition coefficient (Wildman–Crippen LogP) is 0.904. The second kappa shape index (κ2) is 7.58. The monoisotopic (exact) mass is 464 g/mol. The fourth-order valence-electron chi connectivity index (χ4n) is 4.36. The first-order chi connectivity index (χ1) is 14.9. The van der Waals surface area contributed by atoms with Crippen LogP contribution in [-0.2, 0) is 23.3 Å². The maximum absolute atomic E-state index is 13.5. The SMILES string of the molecule is CC1(C)C(=O)N(CC(N)O)c2c3c(c(O)c(=O)n21)C(=O)N(Cc1ccc(F)c(Cl)c1)CC3. The number of pyridine rings is 1. The second-order valence-electron chi connectivity index (χ2n) is 8.43. The van der Waals surface area contributed by atoms with Crippen LogP contribution in [0.5, 0.6) is 5.75 Å². The molecule has 11 heteroatoms. The zero-order chi connectivity index (χ0) is 23.5. The summed E-state index contributed by atoms with van der Waals surface area (Å²) >= 11 is 5.83. The summed E-state index contributed by atoms with van der Waals surface area (Å²) in [6, 6.07) is 4.09. The molecule has 0 spiro atoms.